The summed E-state index contributed by atoms with van der Waals surface area (Å²) in [4.78, 5) is 2.24. The highest BCUT2D eigenvalue weighted by molar-refractivity contribution is 4.90. The van der Waals surface area contributed by atoms with Crippen molar-refractivity contribution in [3.8, 4) is 12.3 Å². The summed E-state index contributed by atoms with van der Waals surface area (Å²) in [6.45, 7) is 2.68. The van der Waals surface area contributed by atoms with Crippen LogP contribution >= 0.6 is 0 Å². The van der Waals surface area contributed by atoms with E-state index in [9.17, 15) is 0 Å². The smallest absolute Gasteiger partial charge is 0.0607 e. The second-order valence-corrected chi connectivity index (χ2v) is 3.98. The van der Waals surface area contributed by atoms with Crippen LogP contribution in [0.25, 0.3) is 0 Å². The number of likely N-dealkylation sites (tertiary alicyclic amines) is 1. The molecule has 86 valence electrons. The van der Waals surface area contributed by atoms with Crippen molar-refractivity contribution < 1.29 is 10.2 Å². The minimum absolute atomic E-state index is 0.0128. The fourth-order valence-electron chi connectivity index (χ4n) is 1.88. The number of piperidine rings is 1. The number of rotatable bonds is 5. The standard InChI is InChI=1S/C11H20N2O2/c1-2-5-13-6-3-10(4-7-13)12-11(8-14)9-15/h1,10-12,14-15H,3-9H2. The van der Waals surface area contributed by atoms with E-state index in [2.05, 4.69) is 16.1 Å². The highest BCUT2D eigenvalue weighted by Gasteiger charge is 2.20. The molecule has 1 rings (SSSR count). The van der Waals surface area contributed by atoms with Crippen LogP contribution in [-0.4, -0.2) is 60.0 Å². The van der Waals surface area contributed by atoms with Crippen molar-refractivity contribution in [3.05, 3.63) is 0 Å². The molecule has 4 nitrogen and oxygen atoms in total. The Morgan fingerprint density at radius 3 is 2.40 bits per heavy atom. The molecule has 0 atom stereocenters. The van der Waals surface area contributed by atoms with E-state index in [1.54, 1.807) is 0 Å². The molecule has 0 aromatic heterocycles. The van der Waals surface area contributed by atoms with Crippen molar-refractivity contribution in [1.29, 1.82) is 0 Å². The van der Waals surface area contributed by atoms with E-state index < -0.39 is 0 Å². The maximum atomic E-state index is 8.93. The van der Waals surface area contributed by atoms with E-state index in [1.807, 2.05) is 0 Å². The zero-order valence-corrected chi connectivity index (χ0v) is 9.02. The van der Waals surface area contributed by atoms with Crippen LogP contribution in [0.1, 0.15) is 12.8 Å². The monoisotopic (exact) mass is 212 g/mol. The summed E-state index contributed by atoms with van der Waals surface area (Å²) in [6.07, 6.45) is 7.30. The second-order valence-electron chi connectivity index (χ2n) is 3.98. The molecule has 1 saturated heterocycles. The zero-order valence-electron chi connectivity index (χ0n) is 9.02. The van der Waals surface area contributed by atoms with Crippen LogP contribution in [0.5, 0.6) is 0 Å². The first-order chi connectivity index (χ1) is 7.30. The van der Waals surface area contributed by atoms with Gasteiger partial charge in [0.2, 0.25) is 0 Å². The highest BCUT2D eigenvalue weighted by Crippen LogP contribution is 2.10. The lowest BCUT2D eigenvalue weighted by Gasteiger charge is -2.32. The fraction of sp³-hybridized carbons (Fsp3) is 0.818. The quantitative estimate of drug-likeness (QED) is 0.513. The molecule has 3 N–H and O–H groups in total. The summed E-state index contributed by atoms with van der Waals surface area (Å²) in [5, 5.41) is 21.1. The van der Waals surface area contributed by atoms with E-state index in [-0.39, 0.29) is 19.3 Å². The van der Waals surface area contributed by atoms with Crippen LogP contribution in [-0.2, 0) is 0 Å². The summed E-state index contributed by atoms with van der Waals surface area (Å²) in [5.74, 6) is 2.64. The van der Waals surface area contributed by atoms with E-state index >= 15 is 0 Å². The summed E-state index contributed by atoms with van der Waals surface area (Å²) in [6, 6.07) is 0.206. The van der Waals surface area contributed by atoms with Gasteiger partial charge in [-0.2, -0.15) is 0 Å². The highest BCUT2D eigenvalue weighted by atomic mass is 16.3. The summed E-state index contributed by atoms with van der Waals surface area (Å²) >= 11 is 0. The number of hydrogen-bond donors (Lipinski definition) is 3. The molecule has 15 heavy (non-hydrogen) atoms. The van der Waals surface area contributed by atoms with Gasteiger partial charge < -0.3 is 15.5 Å². The maximum Gasteiger partial charge on any atom is 0.0607 e. The average molecular weight is 212 g/mol. The SMILES string of the molecule is C#CCN1CCC(NC(CO)CO)CC1. The molecule has 1 heterocycles. The third-order valence-electron chi connectivity index (χ3n) is 2.81. The van der Waals surface area contributed by atoms with Gasteiger partial charge in [-0.25, -0.2) is 0 Å². The van der Waals surface area contributed by atoms with Crippen molar-refractivity contribution in [3.63, 3.8) is 0 Å². The van der Waals surface area contributed by atoms with Crippen LogP contribution in [0.15, 0.2) is 0 Å². The van der Waals surface area contributed by atoms with Gasteiger partial charge >= 0.3 is 0 Å². The van der Waals surface area contributed by atoms with Crippen molar-refractivity contribution in [2.24, 2.45) is 0 Å². The van der Waals surface area contributed by atoms with E-state index in [0.29, 0.717) is 6.04 Å². The van der Waals surface area contributed by atoms with Crippen molar-refractivity contribution >= 4 is 0 Å². The van der Waals surface area contributed by atoms with Crippen molar-refractivity contribution in [2.45, 2.75) is 24.9 Å². The summed E-state index contributed by atoms with van der Waals surface area (Å²) in [7, 11) is 0. The largest absolute Gasteiger partial charge is 0.395 e. The van der Waals surface area contributed by atoms with E-state index in [0.717, 1.165) is 32.5 Å². The lowest BCUT2D eigenvalue weighted by atomic mass is 10.0. The molecule has 0 saturated carbocycles. The molecular weight excluding hydrogens is 192 g/mol. The number of aliphatic hydroxyl groups excluding tert-OH is 2. The van der Waals surface area contributed by atoms with Crippen LogP contribution in [0.3, 0.4) is 0 Å². The van der Waals surface area contributed by atoms with Crippen molar-refractivity contribution in [2.75, 3.05) is 32.8 Å². The van der Waals surface area contributed by atoms with Gasteiger partial charge in [0, 0.05) is 19.1 Å². The molecule has 0 aliphatic carbocycles. The molecule has 0 unspecified atom stereocenters. The van der Waals surface area contributed by atoms with Gasteiger partial charge in [-0.05, 0) is 12.8 Å². The molecule has 1 fully saturated rings. The van der Waals surface area contributed by atoms with Crippen LogP contribution in [0.2, 0.25) is 0 Å². The number of aliphatic hydroxyl groups is 2. The summed E-state index contributed by atoms with van der Waals surface area (Å²) in [5.41, 5.74) is 0. The second kappa shape index (κ2) is 6.81. The Morgan fingerprint density at radius 1 is 1.33 bits per heavy atom. The normalized spacial score (nSPS) is 19.3. The molecule has 0 bridgehead atoms. The Hall–Kier alpha value is -0.600. The Balaban J connectivity index is 2.22. The molecule has 1 aliphatic heterocycles. The third-order valence-corrected chi connectivity index (χ3v) is 2.81. The Bertz CT molecular complexity index is 203. The first-order valence-electron chi connectivity index (χ1n) is 5.43. The van der Waals surface area contributed by atoms with Gasteiger partial charge in [-0.15, -0.1) is 6.42 Å². The van der Waals surface area contributed by atoms with E-state index in [1.165, 1.54) is 0 Å². The Kier molecular flexibility index (Phi) is 5.66. The fourth-order valence-corrected chi connectivity index (χ4v) is 1.88. The van der Waals surface area contributed by atoms with Gasteiger partial charge in [0.15, 0.2) is 0 Å². The third kappa shape index (κ3) is 4.18. The molecule has 0 radical (unpaired) electrons. The summed E-state index contributed by atoms with van der Waals surface area (Å²) < 4.78 is 0. The first kappa shape index (κ1) is 12.5. The average Bonchev–Trinajstić information content (AvgIpc) is 2.28. The van der Waals surface area contributed by atoms with Gasteiger partial charge in [0.05, 0.1) is 25.8 Å². The number of nitrogens with one attached hydrogen (secondary N) is 1. The predicted molar refractivity (Wildman–Crippen MR) is 59.4 cm³/mol. The topological polar surface area (TPSA) is 55.7 Å². The van der Waals surface area contributed by atoms with Crippen molar-refractivity contribution in [1.82, 2.24) is 10.2 Å². The van der Waals surface area contributed by atoms with Gasteiger partial charge in [-0.1, -0.05) is 5.92 Å². The molecule has 0 spiro atoms. The minimum atomic E-state index is -0.186. The molecule has 1 aliphatic rings. The predicted octanol–water partition coefficient (Wildman–Crippen LogP) is -0.973. The molecule has 0 aromatic carbocycles. The van der Waals surface area contributed by atoms with Gasteiger partial charge in [-0.3, -0.25) is 4.90 Å². The lowest BCUT2D eigenvalue weighted by Crippen LogP contribution is -2.48. The number of nitrogens with zero attached hydrogens (tertiary/aromatic N) is 1. The molecule has 0 amide bonds. The van der Waals surface area contributed by atoms with Gasteiger partial charge in [0.25, 0.3) is 0 Å². The number of terminal acetylenes is 1. The van der Waals surface area contributed by atoms with E-state index in [4.69, 9.17) is 16.6 Å². The number of hydrogen-bond acceptors (Lipinski definition) is 4. The van der Waals surface area contributed by atoms with Crippen LogP contribution < -0.4 is 5.32 Å². The van der Waals surface area contributed by atoms with Crippen LogP contribution in [0.4, 0.5) is 0 Å². The molecule has 4 heteroatoms. The van der Waals surface area contributed by atoms with Gasteiger partial charge in [0.1, 0.15) is 0 Å². The Morgan fingerprint density at radius 2 is 1.93 bits per heavy atom. The zero-order chi connectivity index (χ0) is 11.1. The first-order valence-corrected chi connectivity index (χ1v) is 5.43. The molecule has 0 aromatic rings. The lowest BCUT2D eigenvalue weighted by molar-refractivity contribution is 0.141. The van der Waals surface area contributed by atoms with Crippen LogP contribution in [0, 0.1) is 12.3 Å². The maximum absolute atomic E-state index is 8.93. The minimum Gasteiger partial charge on any atom is -0.395 e. The molecular formula is C11H20N2O2. The Labute approximate surface area is 91.3 Å².